The Bertz CT molecular complexity index is 1510. The Hall–Kier alpha value is -2.88. The van der Waals surface area contributed by atoms with Gasteiger partial charge in [-0.3, -0.25) is 4.79 Å². The highest BCUT2D eigenvalue weighted by Crippen LogP contribution is 2.45. The predicted octanol–water partition coefficient (Wildman–Crippen LogP) is 7.90. The van der Waals surface area contributed by atoms with E-state index in [2.05, 4.69) is 34.6 Å². The van der Waals surface area contributed by atoms with E-state index < -0.39 is 25.5 Å². The van der Waals surface area contributed by atoms with E-state index in [-0.39, 0.29) is 57.0 Å². The number of hydrogen-bond donors (Lipinski definition) is 1. The molecule has 0 bridgehead atoms. The zero-order valence-corrected chi connectivity index (χ0v) is 27.8. The van der Waals surface area contributed by atoms with Crippen molar-refractivity contribution >= 4 is 36.8 Å². The zero-order valence-electron chi connectivity index (χ0n) is 26.1. The molecule has 0 aliphatic carbocycles. The fourth-order valence-corrected chi connectivity index (χ4v) is 5.80. The van der Waals surface area contributed by atoms with E-state index in [0.29, 0.717) is 17.7 Å². The molecule has 230 valence electrons. The van der Waals surface area contributed by atoms with Crippen molar-refractivity contribution < 1.29 is 28.2 Å². The second kappa shape index (κ2) is 12.8. The number of aromatic nitrogens is 1. The van der Waals surface area contributed by atoms with Crippen LogP contribution in [-0.2, 0) is 11.3 Å². The van der Waals surface area contributed by atoms with Gasteiger partial charge in [-0.25, -0.2) is 9.18 Å². The number of carbonyl (C=O) groups excluding carboxylic acids is 1. The van der Waals surface area contributed by atoms with Gasteiger partial charge in [0.05, 0.1) is 29.6 Å². The standard InChI is InChI=1S/C32H43ClFNO6Si/c1-10-40-30(37)22-18-35(27(31(2,3)4)14-15-32(5,6)42(8,9)38)24-17-25(39-7)26(16-21(24)29(22)36)41-19-20-12-11-13-23(33)28(20)34/h11-13,16-18,27,38H,10,14-15,19H2,1-9H3/t27-/m1/s1. The van der Waals surface area contributed by atoms with Gasteiger partial charge in [-0.05, 0) is 55.4 Å². The Morgan fingerprint density at radius 2 is 1.81 bits per heavy atom. The fraction of sp³-hybridized carbons (Fsp3) is 0.500. The lowest BCUT2D eigenvalue weighted by Gasteiger charge is -2.40. The van der Waals surface area contributed by atoms with Gasteiger partial charge in [0.25, 0.3) is 0 Å². The van der Waals surface area contributed by atoms with Crippen molar-refractivity contribution in [2.24, 2.45) is 5.41 Å². The number of hydrogen-bond acceptors (Lipinski definition) is 6. The van der Waals surface area contributed by atoms with E-state index in [4.69, 9.17) is 25.8 Å². The number of nitrogens with zero attached hydrogens (tertiary/aromatic N) is 1. The number of rotatable bonds is 11. The molecule has 1 N–H and O–H groups in total. The first-order valence-corrected chi connectivity index (χ1v) is 17.5. The highest BCUT2D eigenvalue weighted by molar-refractivity contribution is 6.72. The van der Waals surface area contributed by atoms with Gasteiger partial charge < -0.3 is 23.6 Å². The van der Waals surface area contributed by atoms with E-state index in [9.17, 15) is 18.8 Å². The maximum atomic E-state index is 14.5. The number of benzene rings is 2. The lowest BCUT2D eigenvalue weighted by molar-refractivity contribution is 0.0523. The van der Waals surface area contributed by atoms with Gasteiger partial charge in [-0.15, -0.1) is 0 Å². The first-order valence-electron chi connectivity index (χ1n) is 14.1. The monoisotopic (exact) mass is 619 g/mol. The summed E-state index contributed by atoms with van der Waals surface area (Å²) in [6.07, 6.45) is 2.99. The van der Waals surface area contributed by atoms with Crippen LogP contribution in [0.1, 0.15) is 76.3 Å². The van der Waals surface area contributed by atoms with Crippen LogP contribution >= 0.6 is 11.6 Å². The van der Waals surface area contributed by atoms with E-state index in [1.807, 2.05) is 17.7 Å². The highest BCUT2D eigenvalue weighted by atomic mass is 35.5. The van der Waals surface area contributed by atoms with Crippen molar-refractivity contribution in [3.05, 3.63) is 68.7 Å². The maximum absolute atomic E-state index is 14.5. The Balaban J connectivity index is 2.24. The second-order valence-electron chi connectivity index (χ2n) is 12.9. The number of carbonyl (C=O) groups is 1. The summed E-state index contributed by atoms with van der Waals surface area (Å²) < 4.78 is 33.3. The molecule has 0 aliphatic rings. The average molecular weight is 620 g/mol. The van der Waals surface area contributed by atoms with Crippen molar-refractivity contribution in [1.29, 1.82) is 0 Å². The molecule has 7 nitrogen and oxygen atoms in total. The van der Waals surface area contributed by atoms with Gasteiger partial charge in [0.15, 0.2) is 19.8 Å². The van der Waals surface area contributed by atoms with Crippen LogP contribution in [0.25, 0.3) is 10.9 Å². The average Bonchev–Trinajstić information content (AvgIpc) is 2.89. The van der Waals surface area contributed by atoms with Gasteiger partial charge >= 0.3 is 5.97 Å². The molecular weight excluding hydrogens is 577 g/mol. The normalized spacial score (nSPS) is 13.2. The van der Waals surface area contributed by atoms with Crippen molar-refractivity contribution in [2.75, 3.05) is 13.7 Å². The van der Waals surface area contributed by atoms with Crippen molar-refractivity contribution in [2.45, 2.75) is 85.2 Å². The Labute approximate surface area is 253 Å². The molecule has 10 heteroatoms. The Morgan fingerprint density at radius 3 is 2.38 bits per heavy atom. The van der Waals surface area contributed by atoms with Crippen LogP contribution in [0, 0.1) is 11.2 Å². The number of methoxy groups -OCH3 is 1. The second-order valence-corrected chi connectivity index (χ2v) is 17.8. The van der Waals surface area contributed by atoms with Gasteiger partial charge in [0, 0.05) is 23.9 Å². The van der Waals surface area contributed by atoms with Crippen LogP contribution in [0.3, 0.4) is 0 Å². The number of halogens is 2. The summed E-state index contributed by atoms with van der Waals surface area (Å²) >= 11 is 5.93. The van der Waals surface area contributed by atoms with Gasteiger partial charge in [0.2, 0.25) is 5.43 Å². The minimum Gasteiger partial charge on any atom is -0.493 e. The van der Waals surface area contributed by atoms with E-state index in [1.54, 1.807) is 31.3 Å². The summed E-state index contributed by atoms with van der Waals surface area (Å²) in [4.78, 5) is 37.7. The molecule has 2 aromatic carbocycles. The van der Waals surface area contributed by atoms with Crippen LogP contribution in [0.4, 0.5) is 4.39 Å². The first kappa shape index (κ1) is 33.6. The van der Waals surface area contributed by atoms with Gasteiger partial charge in [0.1, 0.15) is 18.0 Å². The third-order valence-corrected chi connectivity index (χ3v) is 12.1. The summed E-state index contributed by atoms with van der Waals surface area (Å²) in [6.45, 7) is 16.0. The maximum Gasteiger partial charge on any atom is 0.343 e. The summed E-state index contributed by atoms with van der Waals surface area (Å²) in [6, 6.07) is 7.72. The van der Waals surface area contributed by atoms with Crippen LogP contribution in [0.2, 0.25) is 23.2 Å². The Morgan fingerprint density at radius 1 is 1.14 bits per heavy atom. The smallest absolute Gasteiger partial charge is 0.343 e. The minimum atomic E-state index is -2.49. The molecule has 0 amide bonds. The van der Waals surface area contributed by atoms with Crippen LogP contribution in [0.5, 0.6) is 11.5 Å². The molecule has 0 unspecified atom stereocenters. The third kappa shape index (κ3) is 7.18. The number of pyridine rings is 1. The predicted molar refractivity (Wildman–Crippen MR) is 168 cm³/mol. The summed E-state index contributed by atoms with van der Waals surface area (Å²) in [5, 5.41) is -0.0515. The molecule has 1 heterocycles. The molecule has 0 radical (unpaired) electrons. The van der Waals surface area contributed by atoms with Crippen molar-refractivity contribution in [1.82, 2.24) is 4.57 Å². The van der Waals surface area contributed by atoms with E-state index in [1.165, 1.54) is 19.2 Å². The molecular formula is C32H43ClFNO6Si. The molecule has 3 aromatic rings. The largest absolute Gasteiger partial charge is 0.493 e. The van der Waals surface area contributed by atoms with E-state index >= 15 is 0 Å². The molecule has 0 fully saturated rings. The molecule has 0 saturated carbocycles. The quantitative estimate of drug-likeness (QED) is 0.173. The minimum absolute atomic E-state index is 0.0211. The van der Waals surface area contributed by atoms with Gasteiger partial charge in [-0.1, -0.05) is 58.4 Å². The third-order valence-electron chi connectivity index (χ3n) is 8.26. The van der Waals surface area contributed by atoms with Gasteiger partial charge in [-0.2, -0.15) is 0 Å². The number of ether oxygens (including phenoxy) is 3. The van der Waals surface area contributed by atoms with Crippen LogP contribution < -0.4 is 14.9 Å². The summed E-state index contributed by atoms with van der Waals surface area (Å²) in [7, 11) is -0.999. The Kier molecular flexibility index (Phi) is 10.2. The summed E-state index contributed by atoms with van der Waals surface area (Å²) in [5.74, 6) is -0.736. The SMILES string of the molecule is CCOC(=O)c1cn([C@H](CCC(C)(C)[Si](C)(C)O)C(C)(C)C)c2cc(OC)c(OCc3cccc(Cl)c3F)cc2c1=O. The molecule has 0 spiro atoms. The highest BCUT2D eigenvalue weighted by Gasteiger charge is 2.39. The number of fused-ring (bicyclic) bond motifs is 1. The molecule has 0 saturated heterocycles. The van der Waals surface area contributed by atoms with E-state index in [0.717, 1.165) is 6.42 Å². The molecule has 3 rings (SSSR count). The summed E-state index contributed by atoms with van der Waals surface area (Å²) in [5.41, 5.74) is -0.0835. The topological polar surface area (TPSA) is 87.0 Å². The molecule has 42 heavy (non-hydrogen) atoms. The zero-order chi connectivity index (χ0) is 31.6. The fourth-order valence-electron chi connectivity index (χ4n) is 4.85. The van der Waals surface area contributed by atoms with Crippen molar-refractivity contribution in [3.8, 4) is 11.5 Å². The number of esters is 1. The van der Waals surface area contributed by atoms with Crippen LogP contribution in [0.15, 0.2) is 41.3 Å². The lowest BCUT2D eigenvalue weighted by atomic mass is 9.82. The van der Waals surface area contributed by atoms with Crippen LogP contribution in [-0.4, -0.2) is 37.4 Å². The molecule has 1 atom stereocenters. The van der Waals surface area contributed by atoms with Crippen molar-refractivity contribution in [3.63, 3.8) is 0 Å². The molecule has 0 aliphatic heterocycles. The lowest BCUT2D eigenvalue weighted by Crippen LogP contribution is -2.40. The first-order chi connectivity index (χ1) is 19.4. The molecule has 1 aromatic heterocycles.